The Hall–Kier alpha value is -0.780. The van der Waals surface area contributed by atoms with Crippen LogP contribution < -0.4 is 4.74 Å². The van der Waals surface area contributed by atoms with E-state index in [-0.39, 0.29) is 6.61 Å². The first-order valence-electron chi connectivity index (χ1n) is 4.31. The summed E-state index contributed by atoms with van der Waals surface area (Å²) < 4.78 is 6.50. The minimum atomic E-state index is -0.783. The zero-order valence-corrected chi connectivity index (χ0v) is 9.52. The molecule has 1 atom stereocenters. The third kappa shape index (κ3) is 1.84. The first-order chi connectivity index (χ1) is 6.66. The predicted octanol–water partition coefficient (Wildman–Crippen LogP) is 1.93. The van der Waals surface area contributed by atoms with E-state index in [2.05, 4.69) is 22.6 Å². The molecule has 0 unspecified atom stereocenters. The molecule has 0 spiro atoms. The van der Waals surface area contributed by atoms with Gasteiger partial charge >= 0.3 is 5.97 Å². The highest BCUT2D eigenvalue weighted by atomic mass is 127. The second-order valence-corrected chi connectivity index (χ2v) is 4.55. The molecular formula is C10H9IO3. The van der Waals surface area contributed by atoms with Crippen LogP contribution in [0.15, 0.2) is 18.2 Å². The van der Waals surface area contributed by atoms with E-state index in [0.29, 0.717) is 6.42 Å². The Bertz CT molecular complexity index is 376. The highest BCUT2D eigenvalue weighted by molar-refractivity contribution is 14.1. The number of ether oxygens (including phenoxy) is 1. The number of hydrogen-bond donors (Lipinski definition) is 1. The van der Waals surface area contributed by atoms with Crippen molar-refractivity contribution in [2.24, 2.45) is 5.92 Å². The molecule has 3 nitrogen and oxygen atoms in total. The van der Waals surface area contributed by atoms with Crippen molar-refractivity contribution in [3.05, 3.63) is 27.3 Å². The normalized spacial score (nSPS) is 19.6. The molecular weight excluding hydrogens is 295 g/mol. The number of carboxylic acids is 1. The zero-order valence-electron chi connectivity index (χ0n) is 7.37. The Balaban J connectivity index is 2.27. The van der Waals surface area contributed by atoms with Crippen LogP contribution in [0, 0.1) is 9.49 Å². The van der Waals surface area contributed by atoms with Crippen molar-refractivity contribution < 1.29 is 14.6 Å². The monoisotopic (exact) mass is 304 g/mol. The Morgan fingerprint density at radius 1 is 1.57 bits per heavy atom. The van der Waals surface area contributed by atoms with Crippen molar-refractivity contribution in [2.75, 3.05) is 6.61 Å². The van der Waals surface area contributed by atoms with E-state index in [9.17, 15) is 4.79 Å². The fourth-order valence-electron chi connectivity index (χ4n) is 1.50. The number of carbonyl (C=O) groups is 1. The predicted molar refractivity (Wildman–Crippen MR) is 59.5 cm³/mol. The summed E-state index contributed by atoms with van der Waals surface area (Å²) in [5.74, 6) is -0.355. The van der Waals surface area contributed by atoms with E-state index in [1.165, 1.54) is 0 Å². The lowest BCUT2D eigenvalue weighted by molar-refractivity contribution is -0.143. The van der Waals surface area contributed by atoms with E-state index >= 15 is 0 Å². The summed E-state index contributed by atoms with van der Waals surface area (Å²) >= 11 is 2.21. The highest BCUT2D eigenvalue weighted by Gasteiger charge is 2.25. The van der Waals surface area contributed by atoms with Gasteiger partial charge in [0, 0.05) is 3.57 Å². The minimum absolute atomic E-state index is 0.280. The average Bonchev–Trinajstić information content (AvgIpc) is 2.16. The fourth-order valence-corrected chi connectivity index (χ4v) is 1.97. The number of rotatable bonds is 1. The maximum absolute atomic E-state index is 10.7. The van der Waals surface area contributed by atoms with Crippen LogP contribution in [0.2, 0.25) is 0 Å². The largest absolute Gasteiger partial charge is 0.492 e. The van der Waals surface area contributed by atoms with Gasteiger partial charge in [-0.1, -0.05) is 6.07 Å². The van der Waals surface area contributed by atoms with Crippen molar-refractivity contribution in [3.63, 3.8) is 0 Å². The Morgan fingerprint density at radius 3 is 3.07 bits per heavy atom. The number of halogens is 1. The van der Waals surface area contributed by atoms with Crippen LogP contribution in [0.5, 0.6) is 5.75 Å². The van der Waals surface area contributed by atoms with Gasteiger partial charge in [0.25, 0.3) is 0 Å². The Labute approximate surface area is 95.2 Å². The second-order valence-electron chi connectivity index (χ2n) is 3.30. The first kappa shape index (κ1) is 9.76. The van der Waals surface area contributed by atoms with Gasteiger partial charge in [-0.25, -0.2) is 0 Å². The smallest absolute Gasteiger partial charge is 0.310 e. The van der Waals surface area contributed by atoms with Gasteiger partial charge in [-0.15, -0.1) is 0 Å². The number of hydrogen-bond acceptors (Lipinski definition) is 2. The van der Waals surface area contributed by atoms with Crippen LogP contribution in [-0.4, -0.2) is 17.7 Å². The molecule has 1 heterocycles. The third-order valence-corrected chi connectivity index (χ3v) is 2.96. The van der Waals surface area contributed by atoms with Gasteiger partial charge in [0.2, 0.25) is 0 Å². The van der Waals surface area contributed by atoms with E-state index in [4.69, 9.17) is 9.84 Å². The van der Waals surface area contributed by atoms with Crippen LogP contribution in [0.4, 0.5) is 0 Å². The lowest BCUT2D eigenvalue weighted by atomic mass is 9.97. The molecule has 0 bridgehead atoms. The summed E-state index contributed by atoms with van der Waals surface area (Å²) in [5, 5.41) is 8.84. The number of fused-ring (bicyclic) bond motifs is 1. The summed E-state index contributed by atoms with van der Waals surface area (Å²) in [4.78, 5) is 10.7. The van der Waals surface area contributed by atoms with Gasteiger partial charge in [-0.3, -0.25) is 4.79 Å². The van der Waals surface area contributed by atoms with Gasteiger partial charge in [0.1, 0.15) is 12.4 Å². The maximum Gasteiger partial charge on any atom is 0.310 e. The molecule has 4 heteroatoms. The number of aliphatic carboxylic acids is 1. The van der Waals surface area contributed by atoms with Crippen molar-refractivity contribution >= 4 is 28.6 Å². The van der Waals surface area contributed by atoms with Crippen LogP contribution in [-0.2, 0) is 11.2 Å². The van der Waals surface area contributed by atoms with Crippen LogP contribution in [0.25, 0.3) is 0 Å². The fraction of sp³-hybridized carbons (Fsp3) is 0.300. The summed E-state index contributed by atoms with van der Waals surface area (Å²) in [6.45, 7) is 0.280. The topological polar surface area (TPSA) is 46.5 Å². The van der Waals surface area contributed by atoms with Gasteiger partial charge in [0.15, 0.2) is 0 Å². The molecule has 1 aromatic carbocycles. The van der Waals surface area contributed by atoms with Crippen molar-refractivity contribution in [1.82, 2.24) is 0 Å². The Kier molecular flexibility index (Phi) is 2.62. The molecule has 0 saturated carbocycles. The molecule has 2 rings (SSSR count). The van der Waals surface area contributed by atoms with Gasteiger partial charge in [0.05, 0.1) is 5.92 Å². The first-order valence-corrected chi connectivity index (χ1v) is 5.39. The lowest BCUT2D eigenvalue weighted by Crippen LogP contribution is -2.27. The van der Waals surface area contributed by atoms with Crippen molar-refractivity contribution in [1.29, 1.82) is 0 Å². The quantitative estimate of drug-likeness (QED) is 0.806. The molecule has 1 aromatic rings. The van der Waals surface area contributed by atoms with Gasteiger partial charge < -0.3 is 9.84 Å². The van der Waals surface area contributed by atoms with Crippen LogP contribution in [0.3, 0.4) is 0 Å². The molecule has 0 aromatic heterocycles. The maximum atomic E-state index is 10.7. The van der Waals surface area contributed by atoms with Crippen LogP contribution >= 0.6 is 22.6 Å². The van der Waals surface area contributed by atoms with Gasteiger partial charge in [-0.2, -0.15) is 0 Å². The van der Waals surface area contributed by atoms with E-state index < -0.39 is 11.9 Å². The summed E-state index contributed by atoms with van der Waals surface area (Å²) in [7, 11) is 0. The second kappa shape index (κ2) is 3.76. The zero-order chi connectivity index (χ0) is 10.1. The average molecular weight is 304 g/mol. The summed E-state index contributed by atoms with van der Waals surface area (Å²) in [6.07, 6.45) is 0.571. The minimum Gasteiger partial charge on any atom is -0.492 e. The lowest BCUT2D eigenvalue weighted by Gasteiger charge is -2.22. The van der Waals surface area contributed by atoms with Gasteiger partial charge in [-0.05, 0) is 46.7 Å². The number of carboxylic acid groups (broad SMARTS) is 1. The molecule has 0 fully saturated rings. The summed E-state index contributed by atoms with van der Waals surface area (Å²) in [5.41, 5.74) is 0.990. The third-order valence-electron chi connectivity index (χ3n) is 2.28. The standard InChI is InChI=1S/C10H9IO3/c11-8-2-1-6-3-7(10(12)13)5-14-9(6)4-8/h1-2,4,7H,3,5H2,(H,12,13)/t7-/m1/s1. The molecule has 14 heavy (non-hydrogen) atoms. The molecule has 0 saturated heterocycles. The van der Waals surface area contributed by atoms with Crippen LogP contribution in [0.1, 0.15) is 5.56 Å². The van der Waals surface area contributed by atoms with E-state index in [1.54, 1.807) is 0 Å². The highest BCUT2D eigenvalue weighted by Crippen LogP contribution is 2.28. The number of benzene rings is 1. The molecule has 0 amide bonds. The van der Waals surface area contributed by atoms with E-state index in [1.807, 2.05) is 18.2 Å². The molecule has 1 N–H and O–H groups in total. The Morgan fingerprint density at radius 2 is 2.36 bits per heavy atom. The molecule has 74 valence electrons. The summed E-state index contributed by atoms with van der Waals surface area (Å²) in [6, 6.07) is 5.84. The molecule has 1 aliphatic rings. The molecule has 1 aliphatic heterocycles. The van der Waals surface area contributed by atoms with E-state index in [0.717, 1.165) is 14.9 Å². The van der Waals surface area contributed by atoms with Crippen molar-refractivity contribution in [3.8, 4) is 5.75 Å². The molecule has 0 radical (unpaired) electrons. The molecule has 0 aliphatic carbocycles. The van der Waals surface area contributed by atoms with Crippen molar-refractivity contribution in [2.45, 2.75) is 6.42 Å². The SMILES string of the molecule is O=C(O)[C@H]1COc2cc(I)ccc2C1.